The Morgan fingerprint density at radius 2 is 1.85 bits per heavy atom. The molecule has 33 heavy (non-hydrogen) atoms. The van der Waals surface area contributed by atoms with Crippen LogP contribution in [0.3, 0.4) is 0 Å². The summed E-state index contributed by atoms with van der Waals surface area (Å²) in [6, 6.07) is 17.1. The van der Waals surface area contributed by atoms with Crippen LogP contribution in [-0.4, -0.2) is 52.1 Å². The Hall–Kier alpha value is -1.84. The summed E-state index contributed by atoms with van der Waals surface area (Å²) in [4.78, 5) is 4.47. The molecule has 0 aliphatic carbocycles. The van der Waals surface area contributed by atoms with Crippen molar-refractivity contribution < 1.29 is 14.2 Å². The van der Waals surface area contributed by atoms with E-state index in [9.17, 15) is 0 Å². The van der Waals surface area contributed by atoms with Gasteiger partial charge in [-0.2, -0.15) is 0 Å². The maximum Gasteiger partial charge on any atom is 0.191 e. The number of benzene rings is 2. The summed E-state index contributed by atoms with van der Waals surface area (Å²) in [5.41, 5.74) is 3.72. The molecule has 0 aromatic heterocycles. The molecule has 2 heterocycles. The first-order valence-corrected chi connectivity index (χ1v) is 11.6. The molecule has 0 amide bonds. The van der Waals surface area contributed by atoms with Gasteiger partial charge in [0.15, 0.2) is 5.96 Å². The van der Waals surface area contributed by atoms with Crippen LogP contribution in [0.15, 0.2) is 53.5 Å². The summed E-state index contributed by atoms with van der Waals surface area (Å²) in [6.07, 6.45) is 3.07. The number of guanidine groups is 1. The third kappa shape index (κ3) is 6.83. The fourth-order valence-corrected chi connectivity index (χ4v) is 4.48. The van der Waals surface area contributed by atoms with Gasteiger partial charge in [-0.05, 0) is 37.0 Å². The number of rotatable bonds is 7. The number of nitrogens with one attached hydrogen (secondary N) is 2. The summed E-state index contributed by atoms with van der Waals surface area (Å²) in [7, 11) is 1.82. The van der Waals surface area contributed by atoms with E-state index in [0.29, 0.717) is 13.2 Å². The van der Waals surface area contributed by atoms with Gasteiger partial charge in [-0.25, -0.2) is 0 Å². The fraction of sp³-hybridized carbons (Fsp3) is 0.500. The predicted octanol–water partition coefficient (Wildman–Crippen LogP) is 4.19. The van der Waals surface area contributed by atoms with E-state index in [4.69, 9.17) is 14.2 Å². The zero-order chi connectivity index (χ0) is 22.2. The van der Waals surface area contributed by atoms with Gasteiger partial charge >= 0.3 is 0 Å². The lowest BCUT2D eigenvalue weighted by Gasteiger charge is -2.38. The standard InChI is InChI=1S/C26H35N3O3.HI/c1-20-8-9-21(24(16-20)32-23-10-13-31-18-23)17-28-25(27-2)29-19-26(11-14-30-15-12-26)22-6-4-3-5-7-22;/h3-9,16,23H,10-15,17-19H2,1-2H3,(H2,27,28,29);1H. The Morgan fingerprint density at radius 1 is 1.06 bits per heavy atom. The SMILES string of the molecule is CN=C(NCc1ccc(C)cc1OC1CCOC1)NCC1(c2ccccc2)CCOCC1.I. The molecular formula is C26H36IN3O3. The van der Waals surface area contributed by atoms with E-state index in [1.165, 1.54) is 11.1 Å². The van der Waals surface area contributed by atoms with Crippen LogP contribution in [-0.2, 0) is 21.4 Å². The smallest absolute Gasteiger partial charge is 0.191 e. The Labute approximate surface area is 214 Å². The van der Waals surface area contributed by atoms with Crippen molar-refractivity contribution in [3.63, 3.8) is 0 Å². The first-order valence-electron chi connectivity index (χ1n) is 11.6. The maximum atomic E-state index is 6.24. The highest BCUT2D eigenvalue weighted by Gasteiger charge is 2.34. The summed E-state index contributed by atoms with van der Waals surface area (Å²) in [5, 5.41) is 7.05. The summed E-state index contributed by atoms with van der Waals surface area (Å²) in [5.74, 6) is 1.72. The summed E-state index contributed by atoms with van der Waals surface area (Å²) < 4.78 is 17.4. The van der Waals surface area contributed by atoms with Crippen molar-refractivity contribution in [1.82, 2.24) is 10.6 Å². The van der Waals surface area contributed by atoms with Crippen molar-refractivity contribution in [2.24, 2.45) is 4.99 Å². The molecule has 6 nitrogen and oxygen atoms in total. The van der Waals surface area contributed by atoms with Crippen molar-refractivity contribution in [2.75, 3.05) is 40.0 Å². The van der Waals surface area contributed by atoms with Crippen molar-refractivity contribution in [3.8, 4) is 5.75 Å². The number of aryl methyl sites for hydroxylation is 1. The van der Waals surface area contributed by atoms with E-state index >= 15 is 0 Å². The molecule has 2 saturated heterocycles. The molecule has 2 aromatic rings. The second-order valence-corrected chi connectivity index (χ2v) is 8.75. The van der Waals surface area contributed by atoms with Gasteiger partial charge in [-0.1, -0.05) is 42.5 Å². The second kappa shape index (κ2) is 12.6. The molecule has 0 saturated carbocycles. The molecule has 2 aliphatic heterocycles. The van der Waals surface area contributed by atoms with Crippen LogP contribution in [0.1, 0.15) is 36.0 Å². The molecule has 0 radical (unpaired) electrons. The molecule has 2 aromatic carbocycles. The summed E-state index contributed by atoms with van der Waals surface area (Å²) >= 11 is 0. The second-order valence-electron chi connectivity index (χ2n) is 8.75. The third-order valence-electron chi connectivity index (χ3n) is 6.50. The molecule has 1 unspecified atom stereocenters. The highest BCUT2D eigenvalue weighted by Crippen LogP contribution is 2.34. The van der Waals surface area contributed by atoms with Gasteiger partial charge in [0.25, 0.3) is 0 Å². The van der Waals surface area contributed by atoms with Crippen molar-refractivity contribution in [2.45, 2.75) is 44.2 Å². The molecular weight excluding hydrogens is 529 g/mol. The zero-order valence-electron chi connectivity index (χ0n) is 19.6. The quantitative estimate of drug-likeness (QED) is 0.300. The number of ether oxygens (including phenoxy) is 3. The van der Waals surface area contributed by atoms with Gasteiger partial charge in [0.1, 0.15) is 11.9 Å². The number of hydrogen-bond acceptors (Lipinski definition) is 4. The lowest BCUT2D eigenvalue weighted by molar-refractivity contribution is 0.0514. The van der Waals surface area contributed by atoms with E-state index in [0.717, 1.165) is 62.9 Å². The lowest BCUT2D eigenvalue weighted by atomic mass is 9.74. The average Bonchev–Trinajstić information content (AvgIpc) is 3.34. The molecule has 0 spiro atoms. The van der Waals surface area contributed by atoms with Crippen molar-refractivity contribution in [1.29, 1.82) is 0 Å². The van der Waals surface area contributed by atoms with Gasteiger partial charge in [-0.3, -0.25) is 4.99 Å². The number of nitrogens with zero attached hydrogens (tertiary/aromatic N) is 1. The first-order chi connectivity index (χ1) is 15.7. The van der Waals surface area contributed by atoms with Crippen LogP contribution in [0.25, 0.3) is 0 Å². The van der Waals surface area contributed by atoms with Crippen LogP contribution in [0.5, 0.6) is 5.75 Å². The largest absolute Gasteiger partial charge is 0.488 e. The van der Waals surface area contributed by atoms with E-state index in [1.54, 1.807) is 0 Å². The minimum Gasteiger partial charge on any atom is -0.488 e. The first kappa shape index (κ1) is 25.8. The molecule has 2 fully saturated rings. The van der Waals surface area contributed by atoms with E-state index < -0.39 is 0 Å². The Morgan fingerprint density at radius 3 is 2.55 bits per heavy atom. The van der Waals surface area contributed by atoms with Crippen LogP contribution < -0.4 is 15.4 Å². The molecule has 180 valence electrons. The zero-order valence-corrected chi connectivity index (χ0v) is 22.0. The number of aliphatic imine (C=N–C) groups is 1. The van der Waals surface area contributed by atoms with Gasteiger partial charge in [0.2, 0.25) is 0 Å². The highest BCUT2D eigenvalue weighted by molar-refractivity contribution is 14.0. The number of hydrogen-bond donors (Lipinski definition) is 2. The molecule has 1 atom stereocenters. The fourth-order valence-electron chi connectivity index (χ4n) is 4.48. The van der Waals surface area contributed by atoms with E-state index in [1.807, 2.05) is 7.05 Å². The van der Waals surface area contributed by atoms with Gasteiger partial charge in [0.05, 0.1) is 13.2 Å². The van der Waals surface area contributed by atoms with Crippen LogP contribution in [0.2, 0.25) is 0 Å². The molecule has 2 N–H and O–H groups in total. The Kier molecular flexibility index (Phi) is 9.82. The summed E-state index contributed by atoms with van der Waals surface area (Å²) in [6.45, 7) is 6.56. The van der Waals surface area contributed by atoms with Crippen LogP contribution in [0, 0.1) is 6.92 Å². The van der Waals surface area contributed by atoms with Crippen molar-refractivity contribution in [3.05, 3.63) is 65.2 Å². The van der Waals surface area contributed by atoms with Gasteiger partial charge in [0, 0.05) is 50.8 Å². The van der Waals surface area contributed by atoms with Gasteiger partial charge in [-0.15, -0.1) is 24.0 Å². The minimum absolute atomic E-state index is 0. The lowest BCUT2D eigenvalue weighted by Crippen LogP contribution is -2.47. The Bertz CT molecular complexity index is 895. The highest BCUT2D eigenvalue weighted by atomic mass is 127. The molecule has 4 rings (SSSR count). The average molecular weight is 565 g/mol. The minimum atomic E-state index is 0. The number of halogens is 1. The molecule has 7 heteroatoms. The van der Waals surface area contributed by atoms with Gasteiger partial charge < -0.3 is 24.8 Å². The normalized spacial score (nSPS) is 20.1. The van der Waals surface area contributed by atoms with E-state index in [2.05, 4.69) is 71.1 Å². The maximum absolute atomic E-state index is 6.24. The van der Waals surface area contributed by atoms with Crippen LogP contribution >= 0.6 is 24.0 Å². The Balaban J connectivity index is 0.00000306. The molecule has 0 bridgehead atoms. The van der Waals surface area contributed by atoms with Crippen LogP contribution in [0.4, 0.5) is 0 Å². The van der Waals surface area contributed by atoms with E-state index in [-0.39, 0.29) is 35.5 Å². The topological polar surface area (TPSA) is 64.1 Å². The molecule has 2 aliphatic rings. The van der Waals surface area contributed by atoms with Crippen molar-refractivity contribution >= 4 is 29.9 Å². The monoisotopic (exact) mass is 565 g/mol. The third-order valence-corrected chi connectivity index (χ3v) is 6.50. The predicted molar refractivity (Wildman–Crippen MR) is 143 cm³/mol.